The van der Waals surface area contributed by atoms with Gasteiger partial charge in [-0.2, -0.15) is 5.10 Å². The molecule has 4 nitrogen and oxygen atoms in total. The summed E-state index contributed by atoms with van der Waals surface area (Å²) in [4.78, 5) is 4.40. The van der Waals surface area contributed by atoms with Crippen LogP contribution in [-0.4, -0.2) is 21.8 Å². The van der Waals surface area contributed by atoms with Crippen LogP contribution in [0.15, 0.2) is 24.5 Å². The lowest BCUT2D eigenvalue weighted by molar-refractivity contribution is 0.478. The van der Waals surface area contributed by atoms with E-state index in [1.54, 1.807) is 6.33 Å². The number of nitrogens with one attached hydrogen (secondary N) is 1. The van der Waals surface area contributed by atoms with Gasteiger partial charge in [0, 0.05) is 18.5 Å². The highest BCUT2D eigenvalue weighted by molar-refractivity contribution is 5.32. The van der Waals surface area contributed by atoms with Crippen molar-refractivity contribution in [1.82, 2.24) is 20.1 Å². The fourth-order valence-electron chi connectivity index (χ4n) is 2.40. The Kier molecular flexibility index (Phi) is 4.55. The van der Waals surface area contributed by atoms with Crippen LogP contribution in [0.5, 0.6) is 0 Å². The first-order chi connectivity index (χ1) is 9.52. The van der Waals surface area contributed by atoms with Gasteiger partial charge in [-0.3, -0.25) is 0 Å². The van der Waals surface area contributed by atoms with Gasteiger partial charge in [0.2, 0.25) is 0 Å². The van der Waals surface area contributed by atoms with Crippen LogP contribution < -0.4 is 5.32 Å². The highest BCUT2D eigenvalue weighted by Crippen LogP contribution is 2.21. The normalized spacial score (nSPS) is 12.9. The molecule has 0 aliphatic heterocycles. The van der Waals surface area contributed by atoms with Gasteiger partial charge < -0.3 is 5.32 Å². The van der Waals surface area contributed by atoms with Crippen molar-refractivity contribution in [2.24, 2.45) is 0 Å². The molecule has 20 heavy (non-hydrogen) atoms. The van der Waals surface area contributed by atoms with E-state index in [1.807, 2.05) is 11.7 Å². The van der Waals surface area contributed by atoms with Crippen LogP contribution in [-0.2, 0) is 6.42 Å². The highest BCUT2D eigenvalue weighted by Gasteiger charge is 2.16. The van der Waals surface area contributed by atoms with Crippen molar-refractivity contribution in [3.8, 4) is 0 Å². The molecule has 2 rings (SSSR count). The minimum Gasteiger partial charge on any atom is -0.313 e. The molecule has 2 aromatic rings. The molecule has 0 saturated carbocycles. The summed E-state index contributed by atoms with van der Waals surface area (Å²) in [6.07, 6.45) is 2.49. The maximum Gasteiger partial charge on any atom is 0.138 e. The Morgan fingerprint density at radius 1 is 1.20 bits per heavy atom. The minimum absolute atomic E-state index is 0.260. The molecule has 0 aliphatic carbocycles. The SMILES string of the molecule is CNC(Cc1ncnn1C(C)C)c1ccc(C)c(C)c1. The topological polar surface area (TPSA) is 42.7 Å². The van der Waals surface area contributed by atoms with E-state index in [1.165, 1.54) is 16.7 Å². The van der Waals surface area contributed by atoms with Gasteiger partial charge in [0.05, 0.1) is 0 Å². The Hall–Kier alpha value is -1.68. The Morgan fingerprint density at radius 2 is 1.95 bits per heavy atom. The van der Waals surface area contributed by atoms with E-state index in [9.17, 15) is 0 Å². The Labute approximate surface area is 121 Å². The van der Waals surface area contributed by atoms with Gasteiger partial charge in [-0.1, -0.05) is 18.2 Å². The third-order valence-corrected chi connectivity index (χ3v) is 3.80. The first-order valence-corrected chi connectivity index (χ1v) is 7.15. The number of benzene rings is 1. The van der Waals surface area contributed by atoms with Crippen LogP contribution in [0.1, 0.15) is 48.4 Å². The lowest BCUT2D eigenvalue weighted by atomic mass is 9.99. The smallest absolute Gasteiger partial charge is 0.138 e. The van der Waals surface area contributed by atoms with Gasteiger partial charge >= 0.3 is 0 Å². The summed E-state index contributed by atoms with van der Waals surface area (Å²) in [7, 11) is 2.00. The minimum atomic E-state index is 0.260. The number of nitrogens with zero attached hydrogens (tertiary/aromatic N) is 3. The summed E-state index contributed by atoms with van der Waals surface area (Å²) in [5.74, 6) is 1.03. The van der Waals surface area contributed by atoms with Crippen molar-refractivity contribution < 1.29 is 0 Å². The van der Waals surface area contributed by atoms with Gasteiger partial charge in [0.25, 0.3) is 0 Å². The molecule has 1 heterocycles. The third kappa shape index (κ3) is 3.07. The van der Waals surface area contributed by atoms with Gasteiger partial charge in [-0.15, -0.1) is 0 Å². The molecule has 0 saturated heterocycles. The van der Waals surface area contributed by atoms with Crippen molar-refractivity contribution in [3.05, 3.63) is 47.0 Å². The van der Waals surface area contributed by atoms with Crippen molar-refractivity contribution in [3.63, 3.8) is 0 Å². The molecular weight excluding hydrogens is 248 g/mol. The van der Waals surface area contributed by atoms with Crippen molar-refractivity contribution in [2.75, 3.05) is 7.05 Å². The second kappa shape index (κ2) is 6.18. The molecule has 0 fully saturated rings. The Balaban J connectivity index is 2.24. The highest BCUT2D eigenvalue weighted by atomic mass is 15.3. The average molecular weight is 272 g/mol. The zero-order valence-electron chi connectivity index (χ0n) is 13.0. The number of aromatic nitrogens is 3. The molecule has 1 aromatic carbocycles. The Bertz CT molecular complexity index is 572. The second-order valence-corrected chi connectivity index (χ2v) is 5.60. The van der Waals surface area contributed by atoms with Crippen LogP contribution in [0.4, 0.5) is 0 Å². The van der Waals surface area contributed by atoms with E-state index in [0.29, 0.717) is 6.04 Å². The molecule has 0 amide bonds. The van der Waals surface area contributed by atoms with Crippen molar-refractivity contribution >= 4 is 0 Å². The molecular formula is C16H24N4. The molecule has 108 valence electrons. The van der Waals surface area contributed by atoms with E-state index >= 15 is 0 Å². The zero-order valence-corrected chi connectivity index (χ0v) is 13.0. The average Bonchev–Trinajstić information content (AvgIpc) is 2.87. The second-order valence-electron chi connectivity index (χ2n) is 5.60. The molecule has 1 N–H and O–H groups in total. The first kappa shape index (κ1) is 14.7. The maximum atomic E-state index is 4.40. The number of hydrogen-bond donors (Lipinski definition) is 1. The fourth-order valence-corrected chi connectivity index (χ4v) is 2.40. The molecule has 1 aromatic heterocycles. The summed E-state index contributed by atoms with van der Waals surface area (Å²) < 4.78 is 1.99. The van der Waals surface area contributed by atoms with Crippen LogP contribution in [0.25, 0.3) is 0 Å². The Morgan fingerprint density at radius 3 is 2.55 bits per heavy atom. The number of aryl methyl sites for hydroxylation is 2. The van der Waals surface area contributed by atoms with E-state index in [0.717, 1.165) is 12.2 Å². The predicted octanol–water partition coefficient (Wildman–Crippen LogP) is 2.98. The van der Waals surface area contributed by atoms with Crippen LogP contribution in [0, 0.1) is 13.8 Å². The zero-order chi connectivity index (χ0) is 14.7. The fraction of sp³-hybridized carbons (Fsp3) is 0.500. The van der Waals surface area contributed by atoms with Gasteiger partial charge in [0.15, 0.2) is 0 Å². The lowest BCUT2D eigenvalue weighted by Crippen LogP contribution is -2.21. The molecule has 4 heteroatoms. The summed E-state index contributed by atoms with van der Waals surface area (Å²) in [6.45, 7) is 8.55. The molecule has 0 aliphatic rings. The van der Waals surface area contributed by atoms with Gasteiger partial charge in [0.1, 0.15) is 12.2 Å². The van der Waals surface area contributed by atoms with Gasteiger partial charge in [-0.25, -0.2) is 9.67 Å². The monoisotopic (exact) mass is 272 g/mol. The molecule has 0 spiro atoms. The van der Waals surface area contributed by atoms with E-state index in [-0.39, 0.29) is 6.04 Å². The summed E-state index contributed by atoms with van der Waals surface area (Å²) in [6, 6.07) is 7.23. The lowest BCUT2D eigenvalue weighted by Gasteiger charge is -2.18. The van der Waals surface area contributed by atoms with E-state index < -0.39 is 0 Å². The number of likely N-dealkylation sites (N-methyl/N-ethyl adjacent to an activating group) is 1. The number of rotatable bonds is 5. The largest absolute Gasteiger partial charge is 0.313 e. The summed E-state index contributed by atoms with van der Waals surface area (Å²) in [5, 5.41) is 7.69. The molecule has 1 atom stereocenters. The molecule has 0 radical (unpaired) electrons. The van der Waals surface area contributed by atoms with Crippen molar-refractivity contribution in [1.29, 1.82) is 0 Å². The van der Waals surface area contributed by atoms with Gasteiger partial charge in [-0.05, 0) is 51.4 Å². The molecule has 0 bridgehead atoms. The first-order valence-electron chi connectivity index (χ1n) is 7.15. The van der Waals surface area contributed by atoms with Crippen LogP contribution in [0.3, 0.4) is 0 Å². The van der Waals surface area contributed by atoms with Crippen LogP contribution in [0.2, 0.25) is 0 Å². The quantitative estimate of drug-likeness (QED) is 0.910. The maximum absolute atomic E-state index is 4.40. The van der Waals surface area contributed by atoms with Crippen LogP contribution >= 0.6 is 0 Å². The number of hydrogen-bond acceptors (Lipinski definition) is 3. The third-order valence-electron chi connectivity index (χ3n) is 3.80. The van der Waals surface area contributed by atoms with Crippen molar-refractivity contribution in [2.45, 2.75) is 46.2 Å². The van der Waals surface area contributed by atoms with E-state index in [4.69, 9.17) is 0 Å². The summed E-state index contributed by atoms with van der Waals surface area (Å²) >= 11 is 0. The standard InChI is InChI=1S/C16H24N4/c1-11(2)20-16(18-10-19-20)9-15(17-5)14-7-6-12(3)13(4)8-14/h6-8,10-11,15,17H,9H2,1-5H3. The summed E-state index contributed by atoms with van der Waals surface area (Å²) in [5.41, 5.74) is 3.95. The van der Waals surface area contributed by atoms with E-state index in [2.05, 4.69) is 61.3 Å². The molecule has 1 unspecified atom stereocenters. The predicted molar refractivity (Wildman–Crippen MR) is 81.8 cm³/mol.